The average Bonchev–Trinajstić information content (AvgIpc) is 2.97. The molecule has 1 unspecified atom stereocenters. The summed E-state index contributed by atoms with van der Waals surface area (Å²) < 4.78 is 5.27. The number of fused-ring (bicyclic) bond motifs is 1. The molecule has 4 heteroatoms. The first-order chi connectivity index (χ1) is 11.1. The van der Waals surface area contributed by atoms with Gasteiger partial charge in [0.2, 0.25) is 0 Å². The highest BCUT2D eigenvalue weighted by Gasteiger charge is 2.14. The van der Waals surface area contributed by atoms with E-state index in [4.69, 9.17) is 4.74 Å². The number of carbonyl (C=O) groups is 1. The summed E-state index contributed by atoms with van der Waals surface area (Å²) in [4.78, 5) is 15.2. The highest BCUT2D eigenvalue weighted by Crippen LogP contribution is 2.25. The third-order valence-electron chi connectivity index (χ3n) is 3.88. The number of ether oxygens (including phenoxy) is 1. The Morgan fingerprint density at radius 2 is 2.00 bits per heavy atom. The molecule has 1 aromatic heterocycles. The molecule has 0 saturated heterocycles. The highest BCUT2D eigenvalue weighted by atomic mass is 16.5. The zero-order chi connectivity index (χ0) is 16.2. The zero-order valence-corrected chi connectivity index (χ0v) is 13.3. The smallest absolute Gasteiger partial charge is 0.407 e. The van der Waals surface area contributed by atoms with Crippen LogP contribution < -0.4 is 5.32 Å². The summed E-state index contributed by atoms with van der Waals surface area (Å²) in [6.45, 7) is 4.28. The van der Waals surface area contributed by atoms with Crippen LogP contribution in [0.1, 0.15) is 29.7 Å². The number of carbonyl (C=O) groups excluding carboxylic acids is 1. The van der Waals surface area contributed by atoms with Gasteiger partial charge in [-0.1, -0.05) is 42.0 Å². The maximum atomic E-state index is 12.0. The van der Waals surface area contributed by atoms with Crippen molar-refractivity contribution in [3.63, 3.8) is 0 Å². The maximum Gasteiger partial charge on any atom is 0.407 e. The molecule has 1 amide bonds. The molecule has 0 fully saturated rings. The number of alkyl carbamates (subject to hydrolysis) is 1. The van der Waals surface area contributed by atoms with Gasteiger partial charge in [-0.3, -0.25) is 0 Å². The number of H-pyrrole nitrogens is 1. The van der Waals surface area contributed by atoms with E-state index >= 15 is 0 Å². The molecule has 1 atom stereocenters. The lowest BCUT2D eigenvalue weighted by Crippen LogP contribution is -2.27. The van der Waals surface area contributed by atoms with E-state index in [2.05, 4.69) is 35.4 Å². The van der Waals surface area contributed by atoms with Crippen LogP contribution in [0.3, 0.4) is 0 Å². The molecule has 0 bridgehead atoms. The molecule has 0 saturated carbocycles. The first kappa shape index (κ1) is 15.2. The fraction of sp³-hybridized carbons (Fsp3) is 0.211. The largest absolute Gasteiger partial charge is 0.445 e. The van der Waals surface area contributed by atoms with Gasteiger partial charge in [0, 0.05) is 17.1 Å². The van der Waals surface area contributed by atoms with Crippen LogP contribution in [0, 0.1) is 6.92 Å². The molecule has 3 rings (SSSR count). The van der Waals surface area contributed by atoms with Crippen LogP contribution in [-0.2, 0) is 11.3 Å². The molecule has 1 heterocycles. The van der Waals surface area contributed by atoms with Crippen LogP contribution in [-0.4, -0.2) is 11.1 Å². The molecule has 0 aliphatic heterocycles. The number of nitrogens with one attached hydrogen (secondary N) is 2. The Labute approximate surface area is 135 Å². The minimum atomic E-state index is -0.414. The molecular weight excluding hydrogens is 288 g/mol. The maximum absolute atomic E-state index is 12.0. The Balaban J connectivity index is 1.64. The summed E-state index contributed by atoms with van der Waals surface area (Å²) in [5, 5.41) is 4.01. The third kappa shape index (κ3) is 3.54. The Morgan fingerprint density at radius 3 is 2.78 bits per heavy atom. The lowest BCUT2D eigenvalue weighted by atomic mass is 10.1. The number of benzene rings is 2. The third-order valence-corrected chi connectivity index (χ3v) is 3.88. The molecular formula is C19H20N2O2. The van der Waals surface area contributed by atoms with Crippen LogP contribution in [0.15, 0.2) is 54.7 Å². The first-order valence-electron chi connectivity index (χ1n) is 7.68. The highest BCUT2D eigenvalue weighted by molar-refractivity contribution is 5.84. The molecule has 23 heavy (non-hydrogen) atoms. The second-order valence-corrected chi connectivity index (χ2v) is 5.72. The van der Waals surface area contributed by atoms with Crippen molar-refractivity contribution in [2.75, 3.05) is 0 Å². The Kier molecular flexibility index (Phi) is 4.33. The van der Waals surface area contributed by atoms with Crippen LogP contribution >= 0.6 is 0 Å². The number of rotatable bonds is 4. The van der Waals surface area contributed by atoms with Gasteiger partial charge in [0.25, 0.3) is 0 Å². The molecule has 0 spiro atoms. The molecule has 0 aliphatic rings. The van der Waals surface area contributed by atoms with Crippen LogP contribution in [0.25, 0.3) is 10.9 Å². The van der Waals surface area contributed by atoms with E-state index in [1.54, 1.807) is 0 Å². The van der Waals surface area contributed by atoms with Crippen molar-refractivity contribution in [1.82, 2.24) is 10.3 Å². The fourth-order valence-corrected chi connectivity index (χ4v) is 2.63. The van der Waals surface area contributed by atoms with Crippen molar-refractivity contribution >= 4 is 17.0 Å². The SMILES string of the molecule is Cc1ccc2[nH]cc(C(C)NC(=O)OCc3ccccc3)c2c1. The van der Waals surface area contributed by atoms with Crippen LogP contribution in [0.4, 0.5) is 4.79 Å². The van der Waals surface area contributed by atoms with Gasteiger partial charge >= 0.3 is 6.09 Å². The predicted octanol–water partition coefficient (Wildman–Crippen LogP) is 4.46. The Hall–Kier alpha value is -2.75. The van der Waals surface area contributed by atoms with Crippen LogP contribution in [0.2, 0.25) is 0 Å². The van der Waals surface area contributed by atoms with Crippen molar-refractivity contribution in [2.24, 2.45) is 0 Å². The fourth-order valence-electron chi connectivity index (χ4n) is 2.63. The summed E-state index contributed by atoms with van der Waals surface area (Å²) >= 11 is 0. The molecule has 2 aromatic carbocycles. The summed E-state index contributed by atoms with van der Waals surface area (Å²) in [7, 11) is 0. The molecule has 4 nitrogen and oxygen atoms in total. The molecule has 3 aromatic rings. The monoisotopic (exact) mass is 308 g/mol. The summed E-state index contributed by atoms with van der Waals surface area (Å²) in [5.74, 6) is 0. The Bertz CT molecular complexity index is 809. The van der Waals surface area contributed by atoms with E-state index in [1.807, 2.05) is 43.5 Å². The van der Waals surface area contributed by atoms with Gasteiger partial charge in [0.15, 0.2) is 0 Å². The number of aromatic amines is 1. The summed E-state index contributed by atoms with van der Waals surface area (Å²) in [6, 6.07) is 15.7. The standard InChI is InChI=1S/C19H20N2O2/c1-13-8-9-18-16(10-13)17(11-20-18)14(2)21-19(22)23-12-15-6-4-3-5-7-15/h3-11,14,20H,12H2,1-2H3,(H,21,22). The van der Waals surface area contributed by atoms with Gasteiger partial charge in [-0.25, -0.2) is 4.79 Å². The Morgan fingerprint density at radius 1 is 1.22 bits per heavy atom. The molecule has 0 radical (unpaired) electrons. The minimum Gasteiger partial charge on any atom is -0.445 e. The number of aryl methyl sites for hydroxylation is 1. The number of hydrogen-bond donors (Lipinski definition) is 2. The predicted molar refractivity (Wildman–Crippen MR) is 91.2 cm³/mol. The second-order valence-electron chi connectivity index (χ2n) is 5.72. The van der Waals surface area contributed by atoms with Crippen LogP contribution in [0.5, 0.6) is 0 Å². The normalized spacial score (nSPS) is 12.1. The van der Waals surface area contributed by atoms with Gasteiger partial charge in [-0.05, 0) is 37.1 Å². The van der Waals surface area contributed by atoms with Crippen molar-refractivity contribution in [1.29, 1.82) is 0 Å². The summed E-state index contributed by atoms with van der Waals surface area (Å²) in [5.41, 5.74) is 4.28. The van der Waals surface area contributed by atoms with Gasteiger partial charge < -0.3 is 15.0 Å². The molecule has 118 valence electrons. The zero-order valence-electron chi connectivity index (χ0n) is 13.3. The minimum absolute atomic E-state index is 0.131. The van der Waals surface area contributed by atoms with Gasteiger partial charge in [0.1, 0.15) is 6.61 Å². The van der Waals surface area contributed by atoms with Crippen molar-refractivity contribution in [3.05, 3.63) is 71.4 Å². The van der Waals surface area contributed by atoms with Crippen molar-refractivity contribution in [3.8, 4) is 0 Å². The lowest BCUT2D eigenvalue weighted by molar-refractivity contribution is 0.136. The topological polar surface area (TPSA) is 54.1 Å². The van der Waals surface area contributed by atoms with E-state index in [0.29, 0.717) is 0 Å². The van der Waals surface area contributed by atoms with E-state index in [9.17, 15) is 4.79 Å². The summed E-state index contributed by atoms with van der Waals surface area (Å²) in [6.07, 6.45) is 1.52. The average molecular weight is 308 g/mol. The van der Waals surface area contributed by atoms with Crippen molar-refractivity contribution in [2.45, 2.75) is 26.5 Å². The van der Waals surface area contributed by atoms with Gasteiger partial charge in [0.05, 0.1) is 6.04 Å². The van der Waals surface area contributed by atoms with Gasteiger partial charge in [-0.15, -0.1) is 0 Å². The van der Waals surface area contributed by atoms with E-state index in [0.717, 1.165) is 22.0 Å². The second kappa shape index (κ2) is 6.57. The molecule has 0 aliphatic carbocycles. The molecule has 2 N–H and O–H groups in total. The van der Waals surface area contributed by atoms with E-state index < -0.39 is 6.09 Å². The number of aromatic nitrogens is 1. The van der Waals surface area contributed by atoms with Gasteiger partial charge in [-0.2, -0.15) is 0 Å². The number of amides is 1. The quantitative estimate of drug-likeness (QED) is 0.747. The lowest BCUT2D eigenvalue weighted by Gasteiger charge is -2.14. The van der Waals surface area contributed by atoms with E-state index in [-0.39, 0.29) is 12.6 Å². The first-order valence-corrected chi connectivity index (χ1v) is 7.68. The van der Waals surface area contributed by atoms with E-state index in [1.165, 1.54) is 5.56 Å². The van der Waals surface area contributed by atoms with Crippen molar-refractivity contribution < 1.29 is 9.53 Å². The number of hydrogen-bond acceptors (Lipinski definition) is 2.